The van der Waals surface area contributed by atoms with Crippen LogP contribution in [0.1, 0.15) is 31.0 Å². The first kappa shape index (κ1) is 32.0. The van der Waals surface area contributed by atoms with Crippen LogP contribution < -0.4 is 15.5 Å². The minimum Gasteiger partial charge on any atom is -0.368 e. The summed E-state index contributed by atoms with van der Waals surface area (Å²) in [5, 5.41) is 8.35. The molecule has 2 fully saturated rings. The van der Waals surface area contributed by atoms with Crippen molar-refractivity contribution in [2.24, 2.45) is 0 Å². The summed E-state index contributed by atoms with van der Waals surface area (Å²) in [5.41, 5.74) is 3.84. The Morgan fingerprint density at radius 2 is 1.56 bits per heavy atom. The minimum absolute atomic E-state index is 0.00694. The second kappa shape index (κ2) is 13.5. The molecule has 0 aliphatic carbocycles. The molecule has 0 spiro atoms. The number of halogens is 2. The Bertz CT molecular complexity index is 1890. The Morgan fingerprint density at radius 1 is 0.896 bits per heavy atom. The van der Waals surface area contributed by atoms with Crippen LogP contribution in [0.2, 0.25) is 0 Å². The summed E-state index contributed by atoms with van der Waals surface area (Å²) < 4.78 is 45.5. The fraction of sp³-hybridized carbons (Fsp3) is 0.353. The highest BCUT2D eigenvalue weighted by atomic mass is 32.2. The van der Waals surface area contributed by atoms with Crippen molar-refractivity contribution in [3.63, 3.8) is 0 Å². The van der Waals surface area contributed by atoms with E-state index in [1.807, 2.05) is 26.0 Å². The van der Waals surface area contributed by atoms with Gasteiger partial charge >= 0.3 is 5.69 Å². The lowest BCUT2D eigenvalue weighted by Crippen LogP contribution is -2.46. The summed E-state index contributed by atoms with van der Waals surface area (Å²) in [6.45, 7) is 7.73. The molecular formula is C34H36F2N8O3S. The SMILES string of the molecule is CC(C)n1ncn(-c2ccc(N3CCN(c4ccc(CSC5COC(Cn6cncn6)(c6ccc(F)cc6F)O5)cc4)CC3)cc2)c1=O. The van der Waals surface area contributed by atoms with Crippen LogP contribution in [-0.4, -0.2) is 67.3 Å². The highest BCUT2D eigenvalue weighted by Crippen LogP contribution is 2.41. The van der Waals surface area contributed by atoms with Crippen molar-refractivity contribution in [3.05, 3.63) is 119 Å². The van der Waals surface area contributed by atoms with E-state index in [0.29, 0.717) is 5.75 Å². The number of nitrogens with zero attached hydrogens (tertiary/aromatic N) is 8. The largest absolute Gasteiger partial charge is 0.368 e. The lowest BCUT2D eigenvalue weighted by atomic mass is 10.0. The molecule has 0 N–H and O–H groups in total. The standard InChI is InChI=1S/C34H36F2N8O3S/c1-24(2)44-33(45)43(23-39-44)29-10-8-28(9-11-29)41-15-13-40(14-16-41)27-6-3-25(4-7-27)19-48-32-18-46-34(47-32,20-42-22-37-21-38-42)30-12-5-26(35)17-31(30)36/h3-12,17,21-24,32H,13-16,18-20H2,1-2H3. The van der Waals surface area contributed by atoms with Crippen LogP contribution in [0.5, 0.6) is 0 Å². The van der Waals surface area contributed by atoms with Crippen LogP contribution in [-0.2, 0) is 27.6 Å². The average molecular weight is 675 g/mol. The van der Waals surface area contributed by atoms with Crippen LogP contribution >= 0.6 is 11.8 Å². The maximum atomic E-state index is 14.9. The molecule has 2 aliphatic rings. The first-order valence-corrected chi connectivity index (χ1v) is 16.9. The molecular weight excluding hydrogens is 638 g/mol. The summed E-state index contributed by atoms with van der Waals surface area (Å²) in [6.07, 6.45) is 4.46. The Balaban J connectivity index is 0.929. The zero-order chi connectivity index (χ0) is 33.3. The van der Waals surface area contributed by atoms with Gasteiger partial charge in [-0.1, -0.05) is 12.1 Å². The van der Waals surface area contributed by atoms with Gasteiger partial charge in [0.25, 0.3) is 0 Å². The van der Waals surface area contributed by atoms with Crippen LogP contribution in [0.15, 0.2) is 90.5 Å². The fourth-order valence-electron chi connectivity index (χ4n) is 6.09. The van der Waals surface area contributed by atoms with E-state index in [1.165, 1.54) is 39.8 Å². The predicted octanol–water partition coefficient (Wildman–Crippen LogP) is 4.97. The van der Waals surface area contributed by atoms with Gasteiger partial charge in [0, 0.05) is 54.9 Å². The number of thioether (sulfide) groups is 1. The first-order valence-electron chi connectivity index (χ1n) is 15.8. The molecule has 3 aromatic carbocycles. The van der Waals surface area contributed by atoms with Gasteiger partial charge in [0.2, 0.25) is 5.79 Å². The molecule has 2 aromatic heterocycles. The summed E-state index contributed by atoms with van der Waals surface area (Å²) in [6, 6.07) is 20.0. The van der Waals surface area contributed by atoms with Gasteiger partial charge in [-0.3, -0.25) is 0 Å². The molecule has 5 aromatic rings. The Labute approximate surface area is 280 Å². The lowest BCUT2D eigenvalue weighted by molar-refractivity contribution is -0.182. The zero-order valence-electron chi connectivity index (χ0n) is 26.7. The Kier molecular flexibility index (Phi) is 9.03. The number of ether oxygens (including phenoxy) is 2. The molecule has 2 unspecified atom stereocenters. The van der Waals surface area contributed by atoms with Gasteiger partial charge in [0.1, 0.15) is 42.6 Å². The minimum atomic E-state index is -1.45. The topological polar surface area (TPSA) is 95.5 Å². The van der Waals surface area contributed by atoms with E-state index in [2.05, 4.69) is 61.4 Å². The van der Waals surface area contributed by atoms with Gasteiger partial charge in [-0.05, 0) is 67.9 Å². The summed E-state index contributed by atoms with van der Waals surface area (Å²) in [7, 11) is 0. The second-order valence-corrected chi connectivity index (χ2v) is 13.3. The molecule has 0 radical (unpaired) electrons. The van der Waals surface area contributed by atoms with Gasteiger partial charge in [0.05, 0.1) is 18.3 Å². The van der Waals surface area contributed by atoms with Crippen LogP contribution in [0.25, 0.3) is 5.69 Å². The molecule has 14 heteroatoms. The van der Waals surface area contributed by atoms with Gasteiger partial charge in [-0.25, -0.2) is 32.5 Å². The molecule has 2 saturated heterocycles. The van der Waals surface area contributed by atoms with Crippen molar-refractivity contribution < 1.29 is 18.3 Å². The van der Waals surface area contributed by atoms with E-state index < -0.39 is 17.4 Å². The zero-order valence-corrected chi connectivity index (χ0v) is 27.5. The smallest absolute Gasteiger partial charge is 0.350 e. The maximum Gasteiger partial charge on any atom is 0.350 e. The van der Waals surface area contributed by atoms with Crippen molar-refractivity contribution in [1.82, 2.24) is 29.1 Å². The normalized spacial score (nSPS) is 19.8. The van der Waals surface area contributed by atoms with Gasteiger partial charge in [-0.15, -0.1) is 11.8 Å². The number of hydrogen-bond acceptors (Lipinski definition) is 9. The van der Waals surface area contributed by atoms with Gasteiger partial charge < -0.3 is 19.3 Å². The van der Waals surface area contributed by atoms with E-state index in [9.17, 15) is 13.6 Å². The van der Waals surface area contributed by atoms with Crippen molar-refractivity contribution in [2.45, 2.75) is 43.4 Å². The molecule has 2 atom stereocenters. The molecule has 250 valence electrons. The first-order chi connectivity index (χ1) is 23.3. The summed E-state index contributed by atoms with van der Waals surface area (Å²) >= 11 is 1.56. The number of anilines is 2. The van der Waals surface area contributed by atoms with Crippen molar-refractivity contribution in [1.29, 1.82) is 0 Å². The number of aromatic nitrogens is 6. The number of hydrogen-bond donors (Lipinski definition) is 0. The molecule has 0 amide bonds. The van der Waals surface area contributed by atoms with E-state index >= 15 is 0 Å². The molecule has 48 heavy (non-hydrogen) atoms. The van der Waals surface area contributed by atoms with E-state index in [-0.39, 0.29) is 35.9 Å². The third-order valence-electron chi connectivity index (χ3n) is 8.65. The van der Waals surface area contributed by atoms with Crippen molar-refractivity contribution >= 4 is 23.1 Å². The highest BCUT2D eigenvalue weighted by Gasteiger charge is 2.46. The molecule has 7 rings (SSSR count). The summed E-state index contributed by atoms with van der Waals surface area (Å²) in [5.74, 6) is -2.18. The quantitative estimate of drug-likeness (QED) is 0.204. The molecule has 4 heterocycles. The Morgan fingerprint density at radius 3 is 2.17 bits per heavy atom. The number of benzene rings is 3. The highest BCUT2D eigenvalue weighted by molar-refractivity contribution is 7.99. The maximum absolute atomic E-state index is 14.9. The van der Waals surface area contributed by atoms with Gasteiger partial charge in [0.15, 0.2) is 0 Å². The third-order valence-corrected chi connectivity index (χ3v) is 9.75. The molecule has 0 bridgehead atoms. The van der Waals surface area contributed by atoms with Crippen molar-refractivity contribution in [2.75, 3.05) is 42.6 Å². The molecule has 0 saturated carbocycles. The summed E-state index contributed by atoms with van der Waals surface area (Å²) in [4.78, 5) is 21.3. The Hall–Kier alpha value is -4.53. The monoisotopic (exact) mass is 674 g/mol. The van der Waals surface area contributed by atoms with E-state index in [0.717, 1.165) is 49.2 Å². The van der Waals surface area contributed by atoms with E-state index in [4.69, 9.17) is 9.47 Å². The van der Waals surface area contributed by atoms with Crippen molar-refractivity contribution in [3.8, 4) is 5.69 Å². The number of rotatable bonds is 10. The van der Waals surface area contributed by atoms with Gasteiger partial charge in [-0.2, -0.15) is 10.2 Å². The average Bonchev–Trinajstić information content (AvgIpc) is 3.85. The number of piperazine rings is 1. The van der Waals surface area contributed by atoms with E-state index in [1.54, 1.807) is 22.7 Å². The third kappa shape index (κ3) is 6.60. The lowest BCUT2D eigenvalue weighted by Gasteiger charge is -2.37. The fourth-order valence-corrected chi connectivity index (χ4v) is 7.05. The second-order valence-electron chi connectivity index (χ2n) is 12.1. The molecule has 11 nitrogen and oxygen atoms in total. The van der Waals surface area contributed by atoms with Crippen LogP contribution in [0, 0.1) is 11.6 Å². The predicted molar refractivity (Wildman–Crippen MR) is 179 cm³/mol. The molecule has 2 aliphatic heterocycles. The van der Waals surface area contributed by atoms with Crippen LogP contribution in [0.4, 0.5) is 20.2 Å². The van der Waals surface area contributed by atoms with Crippen LogP contribution in [0.3, 0.4) is 0 Å².